The van der Waals surface area contributed by atoms with E-state index >= 15 is 0 Å². The van der Waals surface area contributed by atoms with Crippen LogP contribution < -0.4 is 4.74 Å². The summed E-state index contributed by atoms with van der Waals surface area (Å²) in [6.45, 7) is 5.13. The van der Waals surface area contributed by atoms with E-state index < -0.39 is 0 Å². The fourth-order valence-corrected chi connectivity index (χ4v) is 4.69. The van der Waals surface area contributed by atoms with E-state index in [-0.39, 0.29) is 5.91 Å². The molecule has 1 saturated heterocycles. The Hall–Kier alpha value is -2.79. The highest BCUT2D eigenvalue weighted by atomic mass is 16.5. The maximum Gasteiger partial charge on any atom is 0.227 e. The Morgan fingerprint density at radius 2 is 1.90 bits per heavy atom. The predicted octanol–water partition coefficient (Wildman–Crippen LogP) is 4.12. The summed E-state index contributed by atoms with van der Waals surface area (Å²) >= 11 is 0. The number of hydrogen-bond donors (Lipinski definition) is 1. The van der Waals surface area contributed by atoms with Crippen molar-refractivity contribution in [1.82, 2.24) is 14.8 Å². The van der Waals surface area contributed by atoms with E-state index in [0.717, 1.165) is 34.3 Å². The molecule has 2 aromatic carbocycles. The third-order valence-corrected chi connectivity index (χ3v) is 6.33. The highest BCUT2D eigenvalue weighted by molar-refractivity contribution is 5.88. The van der Waals surface area contributed by atoms with Crippen LogP contribution in [0.1, 0.15) is 36.0 Å². The van der Waals surface area contributed by atoms with E-state index in [2.05, 4.69) is 34.1 Å². The number of carbonyl (C=O) groups is 1. The molecule has 2 aliphatic rings. The summed E-state index contributed by atoms with van der Waals surface area (Å²) in [7, 11) is 0. The lowest BCUT2D eigenvalue weighted by molar-refractivity contribution is -0.131. The third kappa shape index (κ3) is 4.08. The van der Waals surface area contributed by atoms with E-state index in [1.807, 2.05) is 29.3 Å². The number of para-hydroxylation sites is 1. The van der Waals surface area contributed by atoms with Crippen molar-refractivity contribution in [3.8, 4) is 5.75 Å². The van der Waals surface area contributed by atoms with E-state index in [9.17, 15) is 4.79 Å². The molecular weight excluding hydrogens is 374 g/mol. The maximum absolute atomic E-state index is 13.1. The van der Waals surface area contributed by atoms with Crippen LogP contribution in [0.25, 0.3) is 10.9 Å². The number of piperidine rings is 1. The summed E-state index contributed by atoms with van der Waals surface area (Å²) in [6, 6.07) is 14.6. The number of rotatable bonds is 4. The van der Waals surface area contributed by atoms with Crippen LogP contribution in [0.4, 0.5) is 0 Å². The van der Waals surface area contributed by atoms with Gasteiger partial charge in [-0.25, -0.2) is 0 Å². The van der Waals surface area contributed by atoms with Gasteiger partial charge in [-0.3, -0.25) is 9.69 Å². The largest absolute Gasteiger partial charge is 0.491 e. The molecule has 0 radical (unpaired) electrons. The lowest BCUT2D eigenvalue weighted by Crippen LogP contribution is -2.33. The van der Waals surface area contributed by atoms with E-state index in [1.165, 1.54) is 37.9 Å². The first-order chi connectivity index (χ1) is 14.8. The minimum absolute atomic E-state index is 0.151. The van der Waals surface area contributed by atoms with Crippen molar-refractivity contribution < 1.29 is 9.53 Å². The van der Waals surface area contributed by atoms with Gasteiger partial charge >= 0.3 is 0 Å². The highest BCUT2D eigenvalue weighted by Gasteiger charge is 2.22. The molecule has 1 amide bonds. The van der Waals surface area contributed by atoms with Gasteiger partial charge in [0.05, 0.1) is 13.0 Å². The number of nitrogens with zero attached hydrogens (tertiary/aromatic N) is 2. The SMILES string of the molecule is O=C(Cc1c[nH]c2ccccc12)N1CCOc2ccc(CN3CCCCC3)cc2C1. The van der Waals surface area contributed by atoms with Crippen LogP contribution >= 0.6 is 0 Å². The second-order valence-corrected chi connectivity index (χ2v) is 8.48. The smallest absolute Gasteiger partial charge is 0.227 e. The molecule has 0 unspecified atom stereocenters. The number of amides is 1. The van der Waals surface area contributed by atoms with Gasteiger partial charge in [-0.2, -0.15) is 0 Å². The zero-order valence-corrected chi connectivity index (χ0v) is 17.4. The van der Waals surface area contributed by atoms with Gasteiger partial charge in [0, 0.05) is 35.8 Å². The molecule has 5 nitrogen and oxygen atoms in total. The molecule has 5 rings (SSSR count). The molecule has 3 heterocycles. The van der Waals surface area contributed by atoms with Crippen LogP contribution in [-0.2, 0) is 24.3 Å². The fourth-order valence-electron chi connectivity index (χ4n) is 4.69. The van der Waals surface area contributed by atoms with Gasteiger partial charge in [-0.15, -0.1) is 0 Å². The normalized spacial score (nSPS) is 17.4. The van der Waals surface area contributed by atoms with Crippen molar-refractivity contribution in [2.75, 3.05) is 26.2 Å². The van der Waals surface area contributed by atoms with Crippen molar-refractivity contribution in [3.63, 3.8) is 0 Å². The molecule has 1 N–H and O–H groups in total. The monoisotopic (exact) mass is 403 g/mol. The zero-order valence-electron chi connectivity index (χ0n) is 17.4. The average molecular weight is 404 g/mol. The van der Waals surface area contributed by atoms with Gasteiger partial charge < -0.3 is 14.6 Å². The predicted molar refractivity (Wildman–Crippen MR) is 118 cm³/mol. The zero-order chi connectivity index (χ0) is 20.3. The molecule has 1 aromatic heterocycles. The number of carbonyl (C=O) groups excluding carboxylic acids is 1. The minimum Gasteiger partial charge on any atom is -0.491 e. The quantitative estimate of drug-likeness (QED) is 0.713. The fraction of sp³-hybridized carbons (Fsp3) is 0.400. The number of benzene rings is 2. The number of fused-ring (bicyclic) bond motifs is 2. The van der Waals surface area contributed by atoms with Crippen molar-refractivity contribution in [1.29, 1.82) is 0 Å². The first kappa shape index (κ1) is 19.2. The van der Waals surface area contributed by atoms with Gasteiger partial charge in [-0.1, -0.05) is 30.7 Å². The number of ether oxygens (including phenoxy) is 1. The summed E-state index contributed by atoms with van der Waals surface area (Å²) in [5.41, 5.74) is 4.56. The van der Waals surface area contributed by atoms with Crippen LogP contribution in [-0.4, -0.2) is 46.9 Å². The summed E-state index contributed by atoms with van der Waals surface area (Å²) < 4.78 is 5.97. The standard InChI is InChI=1S/C25H29N3O2/c29-25(15-20-16-26-23-7-3-2-6-22(20)23)28-12-13-30-24-9-8-19(14-21(24)18-28)17-27-10-4-1-5-11-27/h2-3,6-9,14,16,26H,1,4-5,10-13,15,17-18H2. The molecule has 0 aliphatic carbocycles. The molecule has 3 aromatic rings. The van der Waals surface area contributed by atoms with E-state index in [1.54, 1.807) is 0 Å². The van der Waals surface area contributed by atoms with Gasteiger partial charge in [0.2, 0.25) is 5.91 Å². The summed E-state index contributed by atoms with van der Waals surface area (Å²) in [4.78, 5) is 20.9. The molecule has 30 heavy (non-hydrogen) atoms. The Morgan fingerprint density at radius 3 is 2.80 bits per heavy atom. The molecule has 0 atom stereocenters. The lowest BCUT2D eigenvalue weighted by atomic mass is 10.1. The second kappa shape index (κ2) is 8.52. The molecule has 0 saturated carbocycles. The van der Waals surface area contributed by atoms with Crippen LogP contribution in [0.15, 0.2) is 48.7 Å². The molecular formula is C25H29N3O2. The molecule has 5 heteroatoms. The van der Waals surface area contributed by atoms with Gasteiger partial charge in [0.15, 0.2) is 0 Å². The van der Waals surface area contributed by atoms with E-state index in [4.69, 9.17) is 4.74 Å². The first-order valence-corrected chi connectivity index (χ1v) is 11.1. The van der Waals surface area contributed by atoms with Crippen molar-refractivity contribution in [2.24, 2.45) is 0 Å². The maximum atomic E-state index is 13.1. The number of H-pyrrole nitrogens is 1. The molecule has 2 aliphatic heterocycles. The molecule has 0 bridgehead atoms. The van der Waals surface area contributed by atoms with Crippen LogP contribution in [0, 0.1) is 0 Å². The van der Waals surface area contributed by atoms with Crippen molar-refractivity contribution >= 4 is 16.8 Å². The van der Waals surface area contributed by atoms with Crippen LogP contribution in [0.2, 0.25) is 0 Å². The number of aromatic nitrogens is 1. The van der Waals surface area contributed by atoms with Gasteiger partial charge in [0.1, 0.15) is 12.4 Å². The minimum atomic E-state index is 0.151. The topological polar surface area (TPSA) is 48.6 Å². The molecule has 156 valence electrons. The summed E-state index contributed by atoms with van der Waals surface area (Å²) in [5.74, 6) is 1.07. The van der Waals surface area contributed by atoms with Crippen molar-refractivity contribution in [2.45, 2.75) is 38.8 Å². The first-order valence-electron chi connectivity index (χ1n) is 11.1. The lowest BCUT2D eigenvalue weighted by Gasteiger charge is -2.26. The number of hydrogen-bond acceptors (Lipinski definition) is 3. The number of aromatic amines is 1. The Labute approximate surface area is 177 Å². The second-order valence-electron chi connectivity index (χ2n) is 8.48. The summed E-state index contributed by atoms with van der Waals surface area (Å²) in [6.07, 6.45) is 6.31. The molecule has 0 spiro atoms. The average Bonchev–Trinajstić information content (AvgIpc) is 3.05. The summed E-state index contributed by atoms with van der Waals surface area (Å²) in [5, 5.41) is 1.13. The highest BCUT2D eigenvalue weighted by Crippen LogP contribution is 2.26. The van der Waals surface area contributed by atoms with Crippen LogP contribution in [0.5, 0.6) is 5.75 Å². The van der Waals surface area contributed by atoms with Gasteiger partial charge in [-0.05, 0) is 55.3 Å². The Bertz CT molecular complexity index is 1040. The number of nitrogens with one attached hydrogen (secondary N) is 1. The van der Waals surface area contributed by atoms with Crippen molar-refractivity contribution in [3.05, 3.63) is 65.4 Å². The molecule has 1 fully saturated rings. The van der Waals surface area contributed by atoms with Gasteiger partial charge in [0.25, 0.3) is 0 Å². The Morgan fingerprint density at radius 1 is 1.03 bits per heavy atom. The van der Waals surface area contributed by atoms with E-state index in [0.29, 0.717) is 26.1 Å². The Kier molecular flexibility index (Phi) is 5.45. The number of likely N-dealkylation sites (tertiary alicyclic amines) is 1. The van der Waals surface area contributed by atoms with Crippen LogP contribution in [0.3, 0.4) is 0 Å². The Balaban J connectivity index is 1.30. The third-order valence-electron chi connectivity index (χ3n) is 6.33.